The molecule has 0 aliphatic heterocycles. The van der Waals surface area contributed by atoms with E-state index in [1.165, 1.54) is 0 Å². The van der Waals surface area contributed by atoms with Crippen LogP contribution in [0, 0.1) is 6.92 Å². The smallest absolute Gasteiger partial charge is 0.161 e. The molecule has 112 valence electrons. The maximum atomic E-state index is 5.14. The minimum atomic E-state index is 0.623. The molecule has 0 amide bonds. The van der Waals surface area contributed by atoms with E-state index in [-0.39, 0.29) is 0 Å². The molecule has 0 aliphatic rings. The van der Waals surface area contributed by atoms with Crippen LogP contribution in [-0.4, -0.2) is 23.6 Å². The molecule has 0 radical (unpaired) electrons. The molecule has 1 N–H and O–H groups in total. The lowest BCUT2D eigenvalue weighted by Gasteiger charge is -2.12. The molecule has 0 spiro atoms. The summed E-state index contributed by atoms with van der Waals surface area (Å²) in [6.07, 6.45) is 0.904. The third kappa shape index (κ3) is 3.58. The molecule has 4 heteroatoms. The second-order valence-corrected chi connectivity index (χ2v) is 4.98. The molecule has 1 aromatic carbocycles. The van der Waals surface area contributed by atoms with Crippen LogP contribution in [0.2, 0.25) is 0 Å². The maximum Gasteiger partial charge on any atom is 0.161 e. The van der Waals surface area contributed by atoms with E-state index in [1.807, 2.05) is 12.1 Å². The maximum absolute atomic E-state index is 5.14. The van der Waals surface area contributed by atoms with Gasteiger partial charge in [-0.3, -0.25) is 0 Å². The molecular formula is C17H23N3O. The van der Waals surface area contributed by atoms with Gasteiger partial charge in [-0.1, -0.05) is 31.2 Å². The standard InChI is InChI=1S/C17H23N3O/c1-5-15-12(3)16(18-6-2)20-17(19-15)14-9-7-13(8-10-14)11-21-4/h7-10H,5-6,11H2,1-4H3,(H,18,19,20). The van der Waals surface area contributed by atoms with Crippen LogP contribution in [0.25, 0.3) is 11.4 Å². The molecule has 0 bridgehead atoms. The fourth-order valence-electron chi connectivity index (χ4n) is 2.29. The number of ether oxygens (including phenoxy) is 1. The summed E-state index contributed by atoms with van der Waals surface area (Å²) in [6.45, 7) is 7.75. The van der Waals surface area contributed by atoms with Crippen LogP contribution in [0.3, 0.4) is 0 Å². The summed E-state index contributed by atoms with van der Waals surface area (Å²) in [7, 11) is 1.70. The minimum absolute atomic E-state index is 0.623. The number of anilines is 1. The van der Waals surface area contributed by atoms with Crippen molar-refractivity contribution < 1.29 is 4.74 Å². The number of aromatic nitrogens is 2. The second-order valence-electron chi connectivity index (χ2n) is 4.98. The van der Waals surface area contributed by atoms with Crippen molar-refractivity contribution in [1.29, 1.82) is 0 Å². The number of nitrogens with zero attached hydrogens (tertiary/aromatic N) is 2. The Morgan fingerprint density at radius 1 is 1.10 bits per heavy atom. The monoisotopic (exact) mass is 285 g/mol. The molecular weight excluding hydrogens is 262 g/mol. The molecule has 1 heterocycles. The fourth-order valence-corrected chi connectivity index (χ4v) is 2.29. The number of benzene rings is 1. The van der Waals surface area contributed by atoms with Gasteiger partial charge in [-0.25, -0.2) is 9.97 Å². The van der Waals surface area contributed by atoms with Crippen molar-refractivity contribution in [2.45, 2.75) is 33.8 Å². The molecule has 0 fully saturated rings. The van der Waals surface area contributed by atoms with Gasteiger partial charge in [0.2, 0.25) is 0 Å². The first kappa shape index (κ1) is 15.4. The highest BCUT2D eigenvalue weighted by Gasteiger charge is 2.10. The van der Waals surface area contributed by atoms with Crippen molar-refractivity contribution in [1.82, 2.24) is 9.97 Å². The van der Waals surface area contributed by atoms with Crippen LogP contribution in [0.5, 0.6) is 0 Å². The molecule has 0 unspecified atom stereocenters. The van der Waals surface area contributed by atoms with Gasteiger partial charge < -0.3 is 10.1 Å². The Labute approximate surface area is 126 Å². The lowest BCUT2D eigenvalue weighted by Crippen LogP contribution is -2.07. The largest absolute Gasteiger partial charge is 0.380 e. The minimum Gasteiger partial charge on any atom is -0.380 e. The summed E-state index contributed by atoms with van der Waals surface area (Å²) in [6, 6.07) is 8.21. The number of nitrogens with one attached hydrogen (secondary N) is 1. The zero-order chi connectivity index (χ0) is 15.2. The Morgan fingerprint density at radius 3 is 2.38 bits per heavy atom. The average Bonchev–Trinajstić information content (AvgIpc) is 2.51. The van der Waals surface area contributed by atoms with Crippen LogP contribution in [0.4, 0.5) is 5.82 Å². The van der Waals surface area contributed by atoms with Crippen molar-refractivity contribution >= 4 is 5.82 Å². The molecule has 2 aromatic rings. The first-order chi connectivity index (χ1) is 10.2. The van der Waals surface area contributed by atoms with Crippen molar-refractivity contribution in [3.8, 4) is 11.4 Å². The summed E-state index contributed by atoms with van der Waals surface area (Å²) in [5.74, 6) is 1.71. The highest BCUT2D eigenvalue weighted by molar-refractivity contribution is 5.60. The Balaban J connectivity index is 2.40. The average molecular weight is 285 g/mol. The third-order valence-corrected chi connectivity index (χ3v) is 3.45. The van der Waals surface area contributed by atoms with Crippen LogP contribution < -0.4 is 5.32 Å². The second kappa shape index (κ2) is 7.18. The quantitative estimate of drug-likeness (QED) is 0.881. The zero-order valence-corrected chi connectivity index (χ0v) is 13.2. The van der Waals surface area contributed by atoms with E-state index in [0.29, 0.717) is 6.61 Å². The van der Waals surface area contributed by atoms with E-state index >= 15 is 0 Å². The van der Waals surface area contributed by atoms with E-state index < -0.39 is 0 Å². The van der Waals surface area contributed by atoms with E-state index in [9.17, 15) is 0 Å². The summed E-state index contributed by atoms with van der Waals surface area (Å²) in [4.78, 5) is 9.36. The number of hydrogen-bond acceptors (Lipinski definition) is 4. The predicted octanol–water partition coefficient (Wildman–Crippen LogP) is 3.59. The van der Waals surface area contributed by atoms with Gasteiger partial charge in [0.1, 0.15) is 5.82 Å². The Bertz CT molecular complexity index is 594. The first-order valence-electron chi connectivity index (χ1n) is 7.39. The summed E-state index contributed by atoms with van der Waals surface area (Å²) in [5, 5.41) is 3.32. The van der Waals surface area contributed by atoms with E-state index in [1.54, 1.807) is 7.11 Å². The molecule has 0 saturated heterocycles. The Kier molecular flexibility index (Phi) is 5.28. The van der Waals surface area contributed by atoms with Crippen LogP contribution >= 0.6 is 0 Å². The van der Waals surface area contributed by atoms with Gasteiger partial charge in [0, 0.05) is 30.5 Å². The molecule has 0 saturated carbocycles. The van der Waals surface area contributed by atoms with Gasteiger partial charge in [0.05, 0.1) is 6.61 Å². The van der Waals surface area contributed by atoms with Crippen molar-refractivity contribution in [3.05, 3.63) is 41.1 Å². The first-order valence-corrected chi connectivity index (χ1v) is 7.39. The fraction of sp³-hybridized carbons (Fsp3) is 0.412. The highest BCUT2D eigenvalue weighted by atomic mass is 16.5. The summed E-state index contributed by atoms with van der Waals surface area (Å²) < 4.78 is 5.14. The highest BCUT2D eigenvalue weighted by Crippen LogP contribution is 2.22. The Hall–Kier alpha value is -1.94. The molecule has 2 rings (SSSR count). The van der Waals surface area contributed by atoms with Gasteiger partial charge in [0.25, 0.3) is 0 Å². The van der Waals surface area contributed by atoms with Gasteiger partial charge >= 0.3 is 0 Å². The molecule has 21 heavy (non-hydrogen) atoms. The lowest BCUT2D eigenvalue weighted by atomic mass is 10.1. The van der Waals surface area contributed by atoms with Gasteiger partial charge in [-0.2, -0.15) is 0 Å². The van der Waals surface area contributed by atoms with Gasteiger partial charge in [0.15, 0.2) is 5.82 Å². The molecule has 0 atom stereocenters. The molecule has 0 aliphatic carbocycles. The number of methoxy groups -OCH3 is 1. The number of aryl methyl sites for hydroxylation is 1. The van der Waals surface area contributed by atoms with E-state index in [0.717, 1.165) is 47.0 Å². The topological polar surface area (TPSA) is 47.0 Å². The summed E-state index contributed by atoms with van der Waals surface area (Å²) in [5.41, 5.74) is 4.41. The number of rotatable bonds is 6. The normalized spacial score (nSPS) is 10.7. The Morgan fingerprint density at radius 2 is 1.81 bits per heavy atom. The molecule has 1 aromatic heterocycles. The van der Waals surface area contributed by atoms with Crippen molar-refractivity contribution in [3.63, 3.8) is 0 Å². The lowest BCUT2D eigenvalue weighted by molar-refractivity contribution is 0.185. The zero-order valence-electron chi connectivity index (χ0n) is 13.2. The van der Waals surface area contributed by atoms with Crippen LogP contribution in [0.1, 0.15) is 30.7 Å². The predicted molar refractivity (Wildman–Crippen MR) is 86.5 cm³/mol. The van der Waals surface area contributed by atoms with E-state index in [4.69, 9.17) is 9.72 Å². The van der Waals surface area contributed by atoms with Gasteiger partial charge in [-0.05, 0) is 25.8 Å². The van der Waals surface area contributed by atoms with Crippen molar-refractivity contribution in [2.24, 2.45) is 0 Å². The SMILES string of the molecule is CCNc1nc(-c2ccc(COC)cc2)nc(CC)c1C. The van der Waals surface area contributed by atoms with Crippen LogP contribution in [-0.2, 0) is 17.8 Å². The van der Waals surface area contributed by atoms with Gasteiger partial charge in [-0.15, -0.1) is 0 Å². The third-order valence-electron chi connectivity index (χ3n) is 3.45. The van der Waals surface area contributed by atoms with Crippen LogP contribution in [0.15, 0.2) is 24.3 Å². The van der Waals surface area contributed by atoms with E-state index in [2.05, 4.69) is 43.2 Å². The molecule has 4 nitrogen and oxygen atoms in total. The van der Waals surface area contributed by atoms with Crippen molar-refractivity contribution in [2.75, 3.05) is 19.0 Å². The number of hydrogen-bond donors (Lipinski definition) is 1. The summed E-state index contributed by atoms with van der Waals surface area (Å²) >= 11 is 0.